The number of rotatable bonds is 3. The molecule has 3 N–H and O–H groups in total. The normalized spacial score (nSPS) is 9.30. The van der Waals surface area contributed by atoms with Gasteiger partial charge in [-0.2, -0.15) is 0 Å². The first-order valence-electron chi connectivity index (χ1n) is 6.14. The predicted octanol–water partition coefficient (Wildman–Crippen LogP) is 4.02. The van der Waals surface area contributed by atoms with E-state index in [9.17, 15) is 0 Å². The first-order chi connectivity index (χ1) is 9.62. The maximum absolute atomic E-state index is 9.08. The van der Waals surface area contributed by atoms with Crippen LogP contribution in [0.15, 0.2) is 60.5 Å². The molecule has 0 saturated heterocycles. The minimum absolute atomic E-state index is 0.00338. The third-order valence-electron chi connectivity index (χ3n) is 2.68. The van der Waals surface area contributed by atoms with E-state index in [4.69, 9.17) is 10.8 Å². The zero-order valence-electron chi connectivity index (χ0n) is 11.3. The van der Waals surface area contributed by atoms with Gasteiger partial charge in [-0.25, -0.2) is 0 Å². The van der Waals surface area contributed by atoms with Crippen molar-refractivity contribution in [3.8, 4) is 0 Å². The van der Waals surface area contributed by atoms with E-state index in [1.807, 2.05) is 42.5 Å². The summed E-state index contributed by atoms with van der Waals surface area (Å²) in [6.07, 6.45) is 3.45. The number of aliphatic hydroxyl groups is 1. The minimum atomic E-state index is -0.00338. The Bertz CT molecular complexity index is 579. The first kappa shape index (κ1) is 16.1. The van der Waals surface area contributed by atoms with Crippen molar-refractivity contribution < 1.29 is 5.11 Å². The number of thiol groups is 1. The molecule has 0 spiro atoms. The van der Waals surface area contributed by atoms with E-state index < -0.39 is 0 Å². The van der Waals surface area contributed by atoms with E-state index in [0.717, 1.165) is 27.3 Å². The summed E-state index contributed by atoms with van der Waals surface area (Å²) in [4.78, 5) is 0.824. The van der Waals surface area contributed by atoms with Crippen LogP contribution in [0.3, 0.4) is 0 Å². The van der Waals surface area contributed by atoms with Crippen LogP contribution in [0, 0.1) is 0 Å². The fourth-order valence-corrected chi connectivity index (χ4v) is 2.02. The Labute approximate surface area is 125 Å². The van der Waals surface area contributed by atoms with Crippen molar-refractivity contribution in [2.24, 2.45) is 0 Å². The van der Waals surface area contributed by atoms with E-state index >= 15 is 0 Å². The number of hydrogen-bond acceptors (Lipinski definition) is 3. The highest BCUT2D eigenvalue weighted by atomic mass is 32.1. The smallest absolute Gasteiger partial charge is 0.0688 e. The van der Waals surface area contributed by atoms with Gasteiger partial charge in [-0.05, 0) is 41.0 Å². The second kappa shape index (κ2) is 8.25. The molecule has 0 aliphatic heterocycles. The van der Waals surface area contributed by atoms with Gasteiger partial charge in [-0.15, -0.1) is 12.6 Å². The summed E-state index contributed by atoms with van der Waals surface area (Å²) in [7, 11) is 0. The van der Waals surface area contributed by atoms with Crippen LogP contribution in [-0.2, 0) is 6.61 Å². The maximum atomic E-state index is 9.08. The average molecular weight is 285 g/mol. The molecule has 0 aromatic heterocycles. The molecule has 20 heavy (non-hydrogen) atoms. The Morgan fingerprint density at radius 1 is 1.10 bits per heavy atom. The third kappa shape index (κ3) is 4.61. The zero-order valence-corrected chi connectivity index (χ0v) is 12.2. The van der Waals surface area contributed by atoms with Gasteiger partial charge in [0, 0.05) is 10.6 Å². The molecule has 0 heterocycles. The molecule has 0 aliphatic rings. The molecule has 0 amide bonds. The van der Waals surface area contributed by atoms with E-state index in [0.29, 0.717) is 0 Å². The molecule has 0 unspecified atom stereocenters. The molecule has 2 rings (SSSR count). The summed E-state index contributed by atoms with van der Waals surface area (Å²) >= 11 is 4.22. The second-order valence-corrected chi connectivity index (χ2v) is 4.60. The lowest BCUT2D eigenvalue weighted by Gasteiger charge is -2.08. The fraction of sp³-hybridized carbons (Fsp3) is 0.0588. The molecule has 2 aromatic carbocycles. The molecule has 0 aliphatic carbocycles. The summed E-state index contributed by atoms with van der Waals surface area (Å²) in [5.41, 5.74) is 8.89. The lowest BCUT2D eigenvalue weighted by atomic mass is 10.0. The van der Waals surface area contributed by atoms with Gasteiger partial charge in [-0.1, -0.05) is 43.5 Å². The maximum Gasteiger partial charge on any atom is 0.0688 e. The van der Waals surface area contributed by atoms with Crippen molar-refractivity contribution in [1.82, 2.24) is 0 Å². The molecular weight excluding hydrogens is 266 g/mol. The Kier molecular flexibility index (Phi) is 6.64. The summed E-state index contributed by atoms with van der Waals surface area (Å²) in [5.74, 6) is 0. The number of nitrogens with two attached hydrogens (primary N) is 1. The van der Waals surface area contributed by atoms with Gasteiger partial charge in [-0.3, -0.25) is 0 Å². The van der Waals surface area contributed by atoms with Crippen LogP contribution < -0.4 is 5.73 Å². The van der Waals surface area contributed by atoms with E-state index in [-0.39, 0.29) is 6.61 Å². The molecular formula is C17H19NOS. The molecule has 0 fully saturated rings. The van der Waals surface area contributed by atoms with Crippen LogP contribution >= 0.6 is 12.6 Å². The number of aliphatic hydroxyl groups excluding tert-OH is 1. The van der Waals surface area contributed by atoms with Gasteiger partial charge in [0.1, 0.15) is 0 Å². The fourth-order valence-electron chi connectivity index (χ4n) is 1.72. The highest BCUT2D eigenvalue weighted by molar-refractivity contribution is 7.80. The van der Waals surface area contributed by atoms with E-state index in [2.05, 4.69) is 25.8 Å². The topological polar surface area (TPSA) is 46.2 Å². The van der Waals surface area contributed by atoms with Crippen molar-refractivity contribution in [3.63, 3.8) is 0 Å². The quantitative estimate of drug-likeness (QED) is 0.589. The van der Waals surface area contributed by atoms with Crippen LogP contribution in [0.1, 0.15) is 16.7 Å². The van der Waals surface area contributed by atoms with Gasteiger partial charge in [0.05, 0.1) is 6.61 Å². The van der Waals surface area contributed by atoms with Gasteiger partial charge >= 0.3 is 0 Å². The van der Waals surface area contributed by atoms with E-state index in [1.54, 1.807) is 12.2 Å². The van der Waals surface area contributed by atoms with Crippen LogP contribution in [0.4, 0.5) is 5.69 Å². The van der Waals surface area contributed by atoms with Gasteiger partial charge in [0.25, 0.3) is 0 Å². The van der Waals surface area contributed by atoms with Gasteiger partial charge in [0.2, 0.25) is 0 Å². The third-order valence-corrected chi connectivity index (χ3v) is 2.93. The lowest BCUT2D eigenvalue weighted by molar-refractivity contribution is 0.281. The molecule has 0 atom stereocenters. The SMILES string of the molecule is C=Cc1cc(S)cc(CO)c1C=C.Nc1ccccc1. The van der Waals surface area contributed by atoms with Crippen molar-refractivity contribution >= 4 is 30.5 Å². The lowest BCUT2D eigenvalue weighted by Crippen LogP contribution is -1.92. The van der Waals surface area contributed by atoms with Crippen LogP contribution in [0.2, 0.25) is 0 Å². The number of para-hydroxylation sites is 1. The van der Waals surface area contributed by atoms with Crippen molar-refractivity contribution in [2.75, 3.05) is 5.73 Å². The second-order valence-electron chi connectivity index (χ2n) is 4.08. The highest BCUT2D eigenvalue weighted by Crippen LogP contribution is 2.22. The van der Waals surface area contributed by atoms with Crippen molar-refractivity contribution in [2.45, 2.75) is 11.5 Å². The van der Waals surface area contributed by atoms with E-state index in [1.165, 1.54) is 0 Å². The molecule has 2 aromatic rings. The number of hydrogen-bond donors (Lipinski definition) is 3. The Hall–Kier alpha value is -1.97. The van der Waals surface area contributed by atoms with Gasteiger partial charge in [0.15, 0.2) is 0 Å². The van der Waals surface area contributed by atoms with Gasteiger partial charge < -0.3 is 10.8 Å². The molecule has 0 radical (unpaired) electrons. The molecule has 0 bridgehead atoms. The Morgan fingerprint density at radius 2 is 1.75 bits per heavy atom. The molecule has 104 valence electrons. The van der Waals surface area contributed by atoms with Crippen molar-refractivity contribution in [1.29, 1.82) is 0 Å². The molecule has 2 nitrogen and oxygen atoms in total. The zero-order chi connectivity index (χ0) is 15.0. The highest BCUT2D eigenvalue weighted by Gasteiger charge is 2.03. The predicted molar refractivity (Wildman–Crippen MR) is 90.7 cm³/mol. The largest absolute Gasteiger partial charge is 0.399 e. The number of nitrogen functional groups attached to an aromatic ring is 1. The molecule has 0 saturated carbocycles. The summed E-state index contributed by atoms with van der Waals surface area (Å²) in [5, 5.41) is 9.08. The standard InChI is InChI=1S/C11H12OS.C6H7N/c1-3-8-5-10(13)6-9(7-12)11(8)4-2;7-6-4-2-1-3-5-6/h3-6,12-13H,1-2,7H2;1-5H,7H2. The molecule has 3 heteroatoms. The number of anilines is 1. The summed E-state index contributed by atoms with van der Waals surface area (Å²) in [6.45, 7) is 7.38. The minimum Gasteiger partial charge on any atom is -0.399 e. The first-order valence-corrected chi connectivity index (χ1v) is 6.59. The number of benzene rings is 2. The Morgan fingerprint density at radius 3 is 2.15 bits per heavy atom. The van der Waals surface area contributed by atoms with Crippen LogP contribution in [0.5, 0.6) is 0 Å². The van der Waals surface area contributed by atoms with Crippen LogP contribution in [-0.4, -0.2) is 5.11 Å². The Balaban J connectivity index is 0.000000240. The van der Waals surface area contributed by atoms with Crippen LogP contribution in [0.25, 0.3) is 12.2 Å². The monoisotopic (exact) mass is 285 g/mol. The average Bonchev–Trinajstić information content (AvgIpc) is 2.47. The summed E-state index contributed by atoms with van der Waals surface area (Å²) < 4.78 is 0. The summed E-state index contributed by atoms with van der Waals surface area (Å²) in [6, 6.07) is 13.2. The van der Waals surface area contributed by atoms with Crippen molar-refractivity contribution in [3.05, 3.63) is 72.3 Å².